The second-order valence-corrected chi connectivity index (χ2v) is 4.94. The SMILES string of the molecule is CCOC(=O)Cc1csc(C(N)c2ccccc2)n1. The minimum atomic E-state index is -0.257. The molecule has 0 radical (unpaired) electrons. The zero-order valence-corrected chi connectivity index (χ0v) is 11.5. The average Bonchev–Trinajstić information content (AvgIpc) is 2.87. The molecule has 100 valence electrons. The fourth-order valence-corrected chi connectivity index (χ4v) is 2.56. The summed E-state index contributed by atoms with van der Waals surface area (Å²) in [5.41, 5.74) is 7.88. The van der Waals surface area contributed by atoms with Crippen molar-refractivity contribution in [2.24, 2.45) is 5.73 Å². The third-order valence-electron chi connectivity index (χ3n) is 2.63. The Morgan fingerprint density at radius 2 is 2.16 bits per heavy atom. The second-order valence-electron chi connectivity index (χ2n) is 4.05. The summed E-state index contributed by atoms with van der Waals surface area (Å²) in [6.45, 7) is 2.18. The van der Waals surface area contributed by atoms with E-state index in [-0.39, 0.29) is 18.4 Å². The number of hydrogen-bond acceptors (Lipinski definition) is 5. The largest absolute Gasteiger partial charge is 0.466 e. The van der Waals surface area contributed by atoms with Gasteiger partial charge in [0.05, 0.1) is 24.8 Å². The minimum absolute atomic E-state index is 0.200. The standard InChI is InChI=1S/C14H16N2O2S/c1-2-18-12(17)8-11-9-19-14(16-11)13(15)10-6-4-3-5-7-10/h3-7,9,13H,2,8,15H2,1H3. The van der Waals surface area contributed by atoms with E-state index in [1.54, 1.807) is 6.92 Å². The van der Waals surface area contributed by atoms with Gasteiger partial charge in [-0.2, -0.15) is 0 Å². The first kappa shape index (κ1) is 13.7. The van der Waals surface area contributed by atoms with Crippen LogP contribution in [0.4, 0.5) is 0 Å². The van der Waals surface area contributed by atoms with Gasteiger partial charge < -0.3 is 10.5 Å². The summed E-state index contributed by atoms with van der Waals surface area (Å²) < 4.78 is 4.89. The van der Waals surface area contributed by atoms with E-state index in [9.17, 15) is 4.79 Å². The molecule has 2 N–H and O–H groups in total. The van der Waals surface area contributed by atoms with Crippen molar-refractivity contribution in [3.63, 3.8) is 0 Å². The first-order valence-corrected chi connectivity index (χ1v) is 6.99. The van der Waals surface area contributed by atoms with Crippen molar-refractivity contribution in [1.82, 2.24) is 4.98 Å². The predicted octanol–water partition coefficient (Wildman–Crippen LogP) is 2.30. The smallest absolute Gasteiger partial charge is 0.311 e. The van der Waals surface area contributed by atoms with Gasteiger partial charge in [0.15, 0.2) is 0 Å². The van der Waals surface area contributed by atoms with Crippen LogP contribution >= 0.6 is 11.3 Å². The molecule has 4 nitrogen and oxygen atoms in total. The molecule has 1 aromatic heterocycles. The molecule has 0 saturated carbocycles. The van der Waals surface area contributed by atoms with Gasteiger partial charge in [-0.15, -0.1) is 11.3 Å². The molecule has 5 heteroatoms. The molecule has 1 unspecified atom stereocenters. The number of nitrogens with zero attached hydrogens (tertiary/aromatic N) is 1. The molecule has 2 rings (SSSR count). The molecule has 1 heterocycles. The lowest BCUT2D eigenvalue weighted by Gasteiger charge is -2.07. The number of carbonyl (C=O) groups excluding carboxylic acids is 1. The molecular formula is C14H16N2O2S. The lowest BCUT2D eigenvalue weighted by atomic mass is 10.1. The molecule has 0 aliphatic heterocycles. The van der Waals surface area contributed by atoms with E-state index < -0.39 is 0 Å². The van der Waals surface area contributed by atoms with Crippen molar-refractivity contribution in [2.45, 2.75) is 19.4 Å². The first-order chi connectivity index (χ1) is 9.20. The lowest BCUT2D eigenvalue weighted by molar-refractivity contribution is -0.142. The van der Waals surface area contributed by atoms with E-state index in [2.05, 4.69) is 4.98 Å². The van der Waals surface area contributed by atoms with Gasteiger partial charge >= 0.3 is 5.97 Å². The molecule has 0 bridgehead atoms. The van der Waals surface area contributed by atoms with Crippen molar-refractivity contribution >= 4 is 17.3 Å². The Balaban J connectivity index is 2.06. The highest BCUT2D eigenvalue weighted by molar-refractivity contribution is 7.09. The Morgan fingerprint density at radius 1 is 1.42 bits per heavy atom. The zero-order chi connectivity index (χ0) is 13.7. The summed E-state index contributed by atoms with van der Waals surface area (Å²) in [6, 6.07) is 9.53. The highest BCUT2D eigenvalue weighted by Crippen LogP contribution is 2.23. The van der Waals surface area contributed by atoms with Gasteiger partial charge in [0.1, 0.15) is 5.01 Å². The maximum Gasteiger partial charge on any atom is 0.311 e. The number of aromatic nitrogens is 1. The van der Waals surface area contributed by atoms with Crippen molar-refractivity contribution < 1.29 is 9.53 Å². The fraction of sp³-hybridized carbons (Fsp3) is 0.286. The number of ether oxygens (including phenoxy) is 1. The van der Waals surface area contributed by atoms with Crippen LogP contribution in [0.1, 0.15) is 29.2 Å². The summed E-state index contributed by atoms with van der Waals surface area (Å²) in [5.74, 6) is -0.257. The summed E-state index contributed by atoms with van der Waals surface area (Å²) >= 11 is 1.47. The second kappa shape index (κ2) is 6.45. The molecule has 0 saturated heterocycles. The summed E-state index contributed by atoms with van der Waals surface area (Å²) in [7, 11) is 0. The molecule has 0 aliphatic carbocycles. The highest BCUT2D eigenvalue weighted by Gasteiger charge is 2.14. The minimum Gasteiger partial charge on any atom is -0.466 e. The van der Waals surface area contributed by atoms with Crippen LogP contribution < -0.4 is 5.73 Å². The third-order valence-corrected chi connectivity index (χ3v) is 3.60. The van der Waals surface area contributed by atoms with Crippen molar-refractivity contribution in [1.29, 1.82) is 0 Å². The van der Waals surface area contributed by atoms with Gasteiger partial charge in [-0.1, -0.05) is 30.3 Å². The molecule has 1 aromatic carbocycles. The van der Waals surface area contributed by atoms with E-state index >= 15 is 0 Å². The van der Waals surface area contributed by atoms with Gasteiger partial charge in [0, 0.05) is 5.38 Å². The van der Waals surface area contributed by atoms with E-state index in [4.69, 9.17) is 10.5 Å². The van der Waals surface area contributed by atoms with Crippen molar-refractivity contribution in [2.75, 3.05) is 6.61 Å². The highest BCUT2D eigenvalue weighted by atomic mass is 32.1. The van der Waals surface area contributed by atoms with Crippen LogP contribution in [0.3, 0.4) is 0 Å². The van der Waals surface area contributed by atoms with Crippen LogP contribution in [-0.2, 0) is 16.0 Å². The molecule has 0 spiro atoms. The monoisotopic (exact) mass is 276 g/mol. The Labute approximate surface area is 116 Å². The Bertz CT molecular complexity index is 539. The molecule has 1 atom stereocenters. The molecule has 0 fully saturated rings. The maximum absolute atomic E-state index is 11.4. The Morgan fingerprint density at radius 3 is 2.84 bits per heavy atom. The molecular weight excluding hydrogens is 260 g/mol. The van der Waals surface area contributed by atoms with Gasteiger partial charge in [0.2, 0.25) is 0 Å². The van der Waals surface area contributed by atoms with Crippen LogP contribution in [0.25, 0.3) is 0 Å². The topological polar surface area (TPSA) is 65.2 Å². The number of rotatable bonds is 5. The summed E-state index contributed by atoms with van der Waals surface area (Å²) in [5, 5.41) is 2.67. The number of nitrogens with two attached hydrogens (primary N) is 1. The summed E-state index contributed by atoms with van der Waals surface area (Å²) in [6.07, 6.45) is 0.200. The molecule has 19 heavy (non-hydrogen) atoms. The van der Waals surface area contributed by atoms with E-state index in [0.717, 1.165) is 10.6 Å². The summed E-state index contributed by atoms with van der Waals surface area (Å²) in [4.78, 5) is 15.8. The van der Waals surface area contributed by atoms with E-state index in [0.29, 0.717) is 12.3 Å². The van der Waals surface area contributed by atoms with Crippen LogP contribution in [0, 0.1) is 0 Å². The predicted molar refractivity (Wildman–Crippen MR) is 74.9 cm³/mol. The van der Waals surface area contributed by atoms with Crippen LogP contribution in [0.2, 0.25) is 0 Å². The van der Waals surface area contributed by atoms with E-state index in [1.807, 2.05) is 35.7 Å². The number of esters is 1. The first-order valence-electron chi connectivity index (χ1n) is 6.11. The average molecular weight is 276 g/mol. The lowest BCUT2D eigenvalue weighted by Crippen LogP contribution is -2.12. The quantitative estimate of drug-likeness (QED) is 0.851. The van der Waals surface area contributed by atoms with E-state index in [1.165, 1.54) is 11.3 Å². The van der Waals surface area contributed by atoms with Crippen LogP contribution in [-0.4, -0.2) is 17.6 Å². The maximum atomic E-state index is 11.4. The third kappa shape index (κ3) is 3.62. The zero-order valence-electron chi connectivity index (χ0n) is 10.7. The molecule has 0 aliphatic rings. The van der Waals surface area contributed by atoms with Gasteiger partial charge in [0.25, 0.3) is 0 Å². The number of benzene rings is 1. The normalized spacial score (nSPS) is 12.1. The van der Waals surface area contributed by atoms with Crippen LogP contribution in [0.5, 0.6) is 0 Å². The van der Waals surface area contributed by atoms with Gasteiger partial charge in [-0.3, -0.25) is 4.79 Å². The van der Waals surface area contributed by atoms with Gasteiger partial charge in [-0.05, 0) is 12.5 Å². The number of carbonyl (C=O) groups is 1. The number of thiazole rings is 1. The fourth-order valence-electron chi connectivity index (χ4n) is 1.71. The number of hydrogen-bond donors (Lipinski definition) is 1. The van der Waals surface area contributed by atoms with Crippen molar-refractivity contribution in [3.05, 3.63) is 52.0 Å². The van der Waals surface area contributed by atoms with Gasteiger partial charge in [-0.25, -0.2) is 4.98 Å². The molecule has 0 amide bonds. The Kier molecular flexibility index (Phi) is 4.65. The van der Waals surface area contributed by atoms with Crippen LogP contribution in [0.15, 0.2) is 35.7 Å². The van der Waals surface area contributed by atoms with Crippen molar-refractivity contribution in [3.8, 4) is 0 Å². The molecule has 2 aromatic rings. The Hall–Kier alpha value is -1.72.